The fourth-order valence-electron chi connectivity index (χ4n) is 0.632. The number of carbonyl (C=O) groups is 3. The van der Waals surface area contributed by atoms with Crippen LogP contribution in [0.25, 0.3) is 0 Å². The van der Waals surface area contributed by atoms with Crippen LogP contribution in [0.5, 0.6) is 0 Å². The molecule has 0 bridgehead atoms. The Balaban J connectivity index is -0.000000720. The summed E-state index contributed by atoms with van der Waals surface area (Å²) in [5.74, 6) is -3.93. The van der Waals surface area contributed by atoms with Gasteiger partial charge in [0.25, 0.3) is 0 Å². The van der Waals surface area contributed by atoms with Gasteiger partial charge < -0.3 is 16.7 Å². The van der Waals surface area contributed by atoms with Crippen LogP contribution in [0.1, 0.15) is 7.85 Å². The van der Waals surface area contributed by atoms with E-state index >= 15 is 0 Å². The Morgan fingerprint density at radius 3 is 1.93 bits per heavy atom. The summed E-state index contributed by atoms with van der Waals surface area (Å²) in [6.45, 7) is -0.579. The monoisotopic (exact) mass is 215 g/mol. The normalized spacial score (nSPS) is 11.1. The average Bonchev–Trinajstić information content (AvgIpc) is 1.96. The maximum Gasteiger partial charge on any atom is 1.00 e. The fourth-order valence-corrected chi connectivity index (χ4v) is 0.632. The van der Waals surface area contributed by atoms with E-state index in [0.717, 1.165) is 0 Å². The summed E-state index contributed by atoms with van der Waals surface area (Å²) in [6, 6.07) is -1.37. The standard InChI is InChI=1S/C6H9NO6.Na.H/c8-4(9)1-3(6(12)13)7-2-5(10)11;;/h3,7H,1-2H2,(H,8,9)(H,10,11)(H,12,13);;/q;+1;-1. The van der Waals surface area contributed by atoms with Crippen molar-refractivity contribution in [2.24, 2.45) is 0 Å². The maximum atomic E-state index is 10.3. The van der Waals surface area contributed by atoms with Gasteiger partial charge in [-0.05, 0) is 0 Å². The van der Waals surface area contributed by atoms with Gasteiger partial charge in [0.1, 0.15) is 6.04 Å². The Kier molecular flexibility index (Phi) is 8.75. The van der Waals surface area contributed by atoms with Crippen molar-refractivity contribution < 1.29 is 60.7 Å². The molecule has 76 valence electrons. The first-order valence-corrected chi connectivity index (χ1v) is 3.33. The van der Waals surface area contributed by atoms with Crippen LogP contribution in [-0.4, -0.2) is 45.8 Å². The third kappa shape index (κ3) is 7.99. The number of hydrogen-bond acceptors (Lipinski definition) is 4. The summed E-state index contributed by atoms with van der Waals surface area (Å²) < 4.78 is 0. The molecule has 0 rings (SSSR count). The van der Waals surface area contributed by atoms with Gasteiger partial charge >= 0.3 is 47.5 Å². The summed E-state index contributed by atoms with van der Waals surface area (Å²) in [6.07, 6.45) is -0.650. The van der Waals surface area contributed by atoms with E-state index in [0.29, 0.717) is 0 Å². The van der Waals surface area contributed by atoms with Crippen molar-refractivity contribution in [2.45, 2.75) is 12.5 Å². The Morgan fingerprint density at radius 2 is 1.64 bits per heavy atom. The van der Waals surface area contributed by atoms with Crippen molar-refractivity contribution in [3.05, 3.63) is 0 Å². The molecule has 0 saturated heterocycles. The van der Waals surface area contributed by atoms with Crippen LogP contribution in [0.4, 0.5) is 0 Å². The Labute approximate surface area is 103 Å². The van der Waals surface area contributed by atoms with E-state index in [4.69, 9.17) is 15.3 Å². The molecule has 0 spiro atoms. The van der Waals surface area contributed by atoms with E-state index < -0.39 is 36.9 Å². The molecule has 7 nitrogen and oxygen atoms in total. The van der Waals surface area contributed by atoms with Crippen molar-refractivity contribution in [3.8, 4) is 0 Å². The van der Waals surface area contributed by atoms with E-state index in [2.05, 4.69) is 5.32 Å². The van der Waals surface area contributed by atoms with Crippen molar-refractivity contribution >= 4 is 17.9 Å². The van der Waals surface area contributed by atoms with Gasteiger partial charge in [-0.1, -0.05) is 0 Å². The predicted molar refractivity (Wildman–Crippen MR) is 40.4 cm³/mol. The van der Waals surface area contributed by atoms with Gasteiger partial charge in [0, 0.05) is 0 Å². The fraction of sp³-hybridized carbons (Fsp3) is 0.500. The minimum atomic E-state index is -1.39. The molecule has 0 radical (unpaired) electrons. The van der Waals surface area contributed by atoms with Gasteiger partial charge in [-0.3, -0.25) is 19.7 Å². The molecule has 14 heavy (non-hydrogen) atoms. The summed E-state index contributed by atoms with van der Waals surface area (Å²) in [7, 11) is 0. The number of carboxylic acids is 3. The second-order valence-electron chi connectivity index (χ2n) is 2.26. The summed E-state index contributed by atoms with van der Waals surface area (Å²) in [4.78, 5) is 30.4. The van der Waals surface area contributed by atoms with Gasteiger partial charge in [0.15, 0.2) is 0 Å². The Bertz CT molecular complexity index is 236. The van der Waals surface area contributed by atoms with Crippen molar-refractivity contribution in [2.75, 3.05) is 6.54 Å². The van der Waals surface area contributed by atoms with Gasteiger partial charge in [0.2, 0.25) is 0 Å². The maximum absolute atomic E-state index is 10.3. The van der Waals surface area contributed by atoms with E-state index in [-0.39, 0.29) is 31.0 Å². The first-order chi connectivity index (χ1) is 5.93. The average molecular weight is 215 g/mol. The quantitative estimate of drug-likeness (QED) is 0.330. The predicted octanol–water partition coefficient (Wildman–Crippen LogP) is -4.29. The van der Waals surface area contributed by atoms with E-state index in [1.165, 1.54) is 0 Å². The van der Waals surface area contributed by atoms with Crippen molar-refractivity contribution in [1.82, 2.24) is 5.32 Å². The molecule has 0 aromatic heterocycles. The minimum Gasteiger partial charge on any atom is -1.00 e. The molecular weight excluding hydrogens is 205 g/mol. The van der Waals surface area contributed by atoms with Gasteiger partial charge in [-0.2, -0.15) is 0 Å². The van der Waals surface area contributed by atoms with E-state index in [1.807, 2.05) is 0 Å². The molecular formula is C6H10NNaO6. The summed E-state index contributed by atoms with van der Waals surface area (Å²) >= 11 is 0. The van der Waals surface area contributed by atoms with Gasteiger partial charge in [-0.25, -0.2) is 0 Å². The van der Waals surface area contributed by atoms with Crippen LogP contribution in [0.15, 0.2) is 0 Å². The smallest absolute Gasteiger partial charge is 1.00 e. The Morgan fingerprint density at radius 1 is 1.14 bits per heavy atom. The first kappa shape index (κ1) is 15.8. The van der Waals surface area contributed by atoms with E-state index in [1.54, 1.807) is 0 Å². The Hall–Kier alpha value is -0.630. The van der Waals surface area contributed by atoms with Crippen LogP contribution >= 0.6 is 0 Å². The SMILES string of the molecule is O=C(O)CNC(CC(=O)O)C(=O)O.[H-].[Na+]. The molecule has 0 aromatic rings. The van der Waals surface area contributed by atoms with E-state index in [9.17, 15) is 14.4 Å². The van der Waals surface area contributed by atoms with Crippen molar-refractivity contribution in [1.29, 1.82) is 0 Å². The number of aliphatic carboxylic acids is 3. The third-order valence-electron chi connectivity index (χ3n) is 1.18. The molecule has 0 fully saturated rings. The molecule has 0 saturated carbocycles. The van der Waals surface area contributed by atoms with Crippen LogP contribution in [-0.2, 0) is 14.4 Å². The second kappa shape index (κ2) is 7.74. The zero-order valence-electron chi connectivity index (χ0n) is 8.56. The van der Waals surface area contributed by atoms with Crippen LogP contribution in [0.3, 0.4) is 0 Å². The number of carboxylic acid groups (broad SMARTS) is 3. The first-order valence-electron chi connectivity index (χ1n) is 3.33. The number of nitrogens with one attached hydrogen (secondary N) is 1. The summed E-state index contributed by atoms with van der Waals surface area (Å²) in [5.41, 5.74) is 0. The van der Waals surface area contributed by atoms with Crippen LogP contribution < -0.4 is 34.9 Å². The summed E-state index contributed by atoms with van der Waals surface area (Å²) in [5, 5.41) is 26.9. The molecule has 0 aliphatic carbocycles. The molecule has 0 aromatic carbocycles. The zero-order chi connectivity index (χ0) is 10.4. The molecule has 8 heteroatoms. The molecule has 0 amide bonds. The molecule has 0 aliphatic rings. The minimum absolute atomic E-state index is 0. The zero-order valence-corrected chi connectivity index (χ0v) is 9.56. The number of rotatable bonds is 6. The molecule has 0 heterocycles. The van der Waals surface area contributed by atoms with Crippen molar-refractivity contribution in [3.63, 3.8) is 0 Å². The van der Waals surface area contributed by atoms with Crippen LogP contribution in [0.2, 0.25) is 0 Å². The third-order valence-corrected chi connectivity index (χ3v) is 1.18. The number of hydrogen-bond donors (Lipinski definition) is 4. The molecule has 4 N–H and O–H groups in total. The molecule has 1 unspecified atom stereocenters. The van der Waals surface area contributed by atoms with Gasteiger partial charge in [-0.15, -0.1) is 0 Å². The topological polar surface area (TPSA) is 124 Å². The largest absolute Gasteiger partial charge is 1.00 e. The van der Waals surface area contributed by atoms with Crippen LogP contribution in [0, 0.1) is 0 Å². The second-order valence-corrected chi connectivity index (χ2v) is 2.26. The van der Waals surface area contributed by atoms with Gasteiger partial charge in [0.05, 0.1) is 13.0 Å². The molecule has 0 aliphatic heterocycles. The molecule has 1 atom stereocenters.